The van der Waals surface area contributed by atoms with Gasteiger partial charge in [0.2, 0.25) is 0 Å². The van der Waals surface area contributed by atoms with Gasteiger partial charge in [-0.15, -0.1) is 28.1 Å². The molecule has 6 heteroatoms. The zero-order chi connectivity index (χ0) is 20.2. The lowest BCUT2D eigenvalue weighted by Gasteiger charge is -2.10. The van der Waals surface area contributed by atoms with Gasteiger partial charge in [-0.1, -0.05) is 71.9 Å². The topological polar surface area (TPSA) is 30.7 Å². The number of hydrogen-bond acceptors (Lipinski definition) is 4. The molecule has 0 unspecified atom stereocenters. The van der Waals surface area contributed by atoms with E-state index in [9.17, 15) is 0 Å². The van der Waals surface area contributed by atoms with E-state index in [1.54, 1.807) is 23.1 Å². The van der Waals surface area contributed by atoms with Crippen molar-refractivity contribution in [1.82, 2.24) is 14.8 Å². The molecule has 0 atom stereocenters. The summed E-state index contributed by atoms with van der Waals surface area (Å²) < 4.78 is 2.14. The van der Waals surface area contributed by atoms with Crippen LogP contribution in [0.4, 0.5) is 0 Å². The first-order valence-electron chi connectivity index (χ1n) is 9.22. The first-order valence-corrected chi connectivity index (χ1v) is 11.5. The molecule has 0 aliphatic carbocycles. The minimum atomic E-state index is 0.661. The van der Waals surface area contributed by atoms with Crippen LogP contribution in [0.2, 0.25) is 5.02 Å². The number of rotatable bonds is 7. The maximum absolute atomic E-state index is 5.99. The van der Waals surface area contributed by atoms with Crippen LogP contribution >= 0.6 is 34.7 Å². The minimum Gasteiger partial charge on any atom is -0.298 e. The summed E-state index contributed by atoms with van der Waals surface area (Å²) in [6, 6.07) is 18.4. The maximum atomic E-state index is 5.99. The molecule has 0 saturated carbocycles. The van der Waals surface area contributed by atoms with Crippen LogP contribution < -0.4 is 0 Å². The van der Waals surface area contributed by atoms with Crippen molar-refractivity contribution in [1.29, 1.82) is 0 Å². The van der Waals surface area contributed by atoms with Crippen LogP contribution in [-0.2, 0) is 12.3 Å². The van der Waals surface area contributed by atoms with Crippen LogP contribution in [0.15, 0.2) is 77.8 Å². The molecular formula is C23H20ClN3S2. The summed E-state index contributed by atoms with van der Waals surface area (Å²) in [7, 11) is 0. The number of allylic oxidation sites excluding steroid dienone is 1. The van der Waals surface area contributed by atoms with Crippen molar-refractivity contribution in [3.8, 4) is 22.5 Å². The Kier molecular flexibility index (Phi) is 6.19. The number of hydrogen-bond donors (Lipinski definition) is 0. The number of thioether (sulfide) groups is 1. The highest BCUT2D eigenvalue weighted by atomic mass is 35.5. The van der Waals surface area contributed by atoms with Gasteiger partial charge in [0.05, 0.1) is 0 Å². The molecule has 146 valence electrons. The van der Waals surface area contributed by atoms with Crippen molar-refractivity contribution in [2.75, 3.05) is 0 Å². The molecule has 0 aliphatic rings. The van der Waals surface area contributed by atoms with Crippen molar-refractivity contribution < 1.29 is 0 Å². The van der Waals surface area contributed by atoms with Gasteiger partial charge in [0.1, 0.15) is 0 Å². The van der Waals surface area contributed by atoms with Gasteiger partial charge in [0, 0.05) is 38.7 Å². The van der Waals surface area contributed by atoms with E-state index in [1.165, 1.54) is 21.6 Å². The third-order valence-corrected chi connectivity index (χ3v) is 6.79. The summed E-state index contributed by atoms with van der Waals surface area (Å²) in [5, 5.41) is 12.9. The van der Waals surface area contributed by atoms with E-state index in [0.29, 0.717) is 6.54 Å². The highest BCUT2D eigenvalue weighted by Crippen LogP contribution is 2.39. The third-order valence-electron chi connectivity index (χ3n) is 4.59. The predicted octanol–water partition coefficient (Wildman–Crippen LogP) is 7.11. The standard InChI is InChI=1S/C23H20ClN3S2/c1-3-13-27-22(20-15-28-16(2)21(20)18-7-5-4-6-8-18)25-26-23(27)29-14-17-9-11-19(24)12-10-17/h3-12,15H,1,13-14H2,2H3. The van der Waals surface area contributed by atoms with Crippen LogP contribution in [0.3, 0.4) is 0 Å². The third kappa shape index (κ3) is 4.32. The van der Waals surface area contributed by atoms with Crippen molar-refractivity contribution in [3.05, 3.63) is 88.1 Å². The molecule has 29 heavy (non-hydrogen) atoms. The van der Waals surface area contributed by atoms with E-state index >= 15 is 0 Å². The molecule has 2 heterocycles. The molecule has 4 aromatic rings. The molecule has 0 spiro atoms. The smallest absolute Gasteiger partial charge is 0.192 e. The first kappa shape index (κ1) is 20.0. The average molecular weight is 438 g/mol. The van der Waals surface area contributed by atoms with Gasteiger partial charge < -0.3 is 0 Å². The summed E-state index contributed by atoms with van der Waals surface area (Å²) in [4.78, 5) is 1.27. The summed E-state index contributed by atoms with van der Waals surface area (Å²) >= 11 is 9.40. The van der Waals surface area contributed by atoms with Crippen molar-refractivity contribution >= 4 is 34.7 Å². The van der Waals surface area contributed by atoms with Crippen LogP contribution in [0, 0.1) is 6.92 Å². The summed E-state index contributed by atoms with van der Waals surface area (Å²) in [6.45, 7) is 6.74. The summed E-state index contributed by atoms with van der Waals surface area (Å²) in [6.07, 6.45) is 1.89. The molecule has 0 amide bonds. The van der Waals surface area contributed by atoms with Crippen LogP contribution in [0.5, 0.6) is 0 Å². The Bertz CT molecular complexity index is 1110. The van der Waals surface area contributed by atoms with E-state index in [4.69, 9.17) is 11.6 Å². The van der Waals surface area contributed by atoms with E-state index in [2.05, 4.69) is 57.9 Å². The maximum Gasteiger partial charge on any atom is 0.192 e. The molecule has 0 fully saturated rings. The fourth-order valence-corrected chi connectivity index (χ4v) is 5.09. The fraction of sp³-hybridized carbons (Fsp3) is 0.130. The van der Waals surface area contributed by atoms with Gasteiger partial charge in [0.25, 0.3) is 0 Å². The monoisotopic (exact) mass is 437 g/mol. The molecule has 0 N–H and O–H groups in total. The number of halogens is 1. The number of thiophene rings is 1. The van der Waals surface area contributed by atoms with Crippen LogP contribution in [-0.4, -0.2) is 14.8 Å². The van der Waals surface area contributed by atoms with Crippen LogP contribution in [0.25, 0.3) is 22.5 Å². The summed E-state index contributed by atoms with van der Waals surface area (Å²) in [5.74, 6) is 1.69. The van der Waals surface area contributed by atoms with Gasteiger partial charge in [-0.05, 0) is 30.2 Å². The van der Waals surface area contributed by atoms with E-state index < -0.39 is 0 Å². The minimum absolute atomic E-state index is 0.661. The first-order chi connectivity index (χ1) is 14.2. The average Bonchev–Trinajstić information content (AvgIpc) is 3.31. The molecule has 0 aliphatic heterocycles. The second-order valence-electron chi connectivity index (χ2n) is 6.57. The number of nitrogens with zero attached hydrogens (tertiary/aromatic N) is 3. The molecule has 0 bridgehead atoms. The van der Waals surface area contributed by atoms with Gasteiger partial charge in [-0.3, -0.25) is 4.57 Å². The predicted molar refractivity (Wildman–Crippen MR) is 125 cm³/mol. The molecule has 4 rings (SSSR count). The van der Waals surface area contributed by atoms with Gasteiger partial charge in [-0.25, -0.2) is 0 Å². The molecule has 2 aromatic heterocycles. The highest BCUT2D eigenvalue weighted by molar-refractivity contribution is 7.98. The number of aryl methyl sites for hydroxylation is 1. The second-order valence-corrected chi connectivity index (χ2v) is 9.03. The number of benzene rings is 2. The van der Waals surface area contributed by atoms with Gasteiger partial charge in [-0.2, -0.15) is 0 Å². The zero-order valence-electron chi connectivity index (χ0n) is 16.0. The molecule has 3 nitrogen and oxygen atoms in total. The molecule has 0 saturated heterocycles. The Morgan fingerprint density at radius 2 is 1.86 bits per heavy atom. The summed E-state index contributed by atoms with van der Waals surface area (Å²) in [5.41, 5.74) is 4.74. The van der Waals surface area contributed by atoms with Crippen LogP contribution in [0.1, 0.15) is 10.4 Å². The quantitative estimate of drug-likeness (QED) is 0.228. The zero-order valence-corrected chi connectivity index (χ0v) is 18.4. The number of aromatic nitrogens is 3. The molecule has 0 radical (unpaired) electrons. The van der Waals surface area contributed by atoms with E-state index in [-0.39, 0.29) is 0 Å². The van der Waals surface area contributed by atoms with Crippen molar-refractivity contribution in [2.24, 2.45) is 0 Å². The molecular weight excluding hydrogens is 418 g/mol. The Labute approximate surface area is 184 Å². The SMILES string of the molecule is C=CCn1c(SCc2ccc(Cl)cc2)nnc1-c1csc(C)c1-c1ccccc1. The van der Waals surface area contributed by atoms with Crippen molar-refractivity contribution in [2.45, 2.75) is 24.4 Å². The highest BCUT2D eigenvalue weighted by Gasteiger charge is 2.20. The lowest BCUT2D eigenvalue weighted by molar-refractivity contribution is 0.731. The van der Waals surface area contributed by atoms with E-state index in [0.717, 1.165) is 27.3 Å². The normalized spacial score (nSPS) is 11.0. The lowest BCUT2D eigenvalue weighted by Crippen LogP contribution is -2.01. The lowest BCUT2D eigenvalue weighted by atomic mass is 10.0. The Morgan fingerprint density at radius 1 is 1.10 bits per heavy atom. The Balaban J connectivity index is 1.69. The fourth-order valence-electron chi connectivity index (χ4n) is 3.20. The Morgan fingerprint density at radius 3 is 2.59 bits per heavy atom. The van der Waals surface area contributed by atoms with Gasteiger partial charge >= 0.3 is 0 Å². The molecule has 2 aromatic carbocycles. The Hall–Kier alpha value is -2.34. The van der Waals surface area contributed by atoms with E-state index in [1.807, 2.05) is 36.4 Å². The second kappa shape index (κ2) is 8.99. The largest absolute Gasteiger partial charge is 0.298 e. The van der Waals surface area contributed by atoms with Crippen molar-refractivity contribution in [3.63, 3.8) is 0 Å². The van der Waals surface area contributed by atoms with Gasteiger partial charge in [0.15, 0.2) is 11.0 Å².